The monoisotopic (exact) mass is 302 g/mol. The van der Waals surface area contributed by atoms with Crippen molar-refractivity contribution in [1.82, 2.24) is 4.72 Å². The van der Waals surface area contributed by atoms with E-state index in [-0.39, 0.29) is 11.4 Å². The SMILES string of the molecule is CCCCCCCCNS(=O)(=O)c1cc(CN)oc1C. The molecule has 0 aliphatic heterocycles. The summed E-state index contributed by atoms with van der Waals surface area (Å²) < 4.78 is 32.1. The van der Waals surface area contributed by atoms with Crippen LogP contribution in [0.2, 0.25) is 0 Å². The third kappa shape index (κ3) is 5.26. The van der Waals surface area contributed by atoms with Crippen LogP contribution < -0.4 is 10.5 Å². The van der Waals surface area contributed by atoms with E-state index < -0.39 is 10.0 Å². The number of hydrogen-bond donors (Lipinski definition) is 2. The molecular weight excluding hydrogens is 276 g/mol. The minimum absolute atomic E-state index is 0.198. The van der Waals surface area contributed by atoms with E-state index in [1.807, 2.05) is 0 Å². The summed E-state index contributed by atoms with van der Waals surface area (Å²) in [4.78, 5) is 0.198. The lowest BCUT2D eigenvalue weighted by atomic mass is 10.1. The number of nitrogens with one attached hydrogen (secondary N) is 1. The van der Waals surface area contributed by atoms with Crippen molar-refractivity contribution >= 4 is 10.0 Å². The smallest absolute Gasteiger partial charge is 0.244 e. The van der Waals surface area contributed by atoms with Crippen LogP contribution >= 0.6 is 0 Å². The normalized spacial score (nSPS) is 11.9. The molecule has 3 N–H and O–H groups in total. The number of hydrogen-bond acceptors (Lipinski definition) is 4. The largest absolute Gasteiger partial charge is 0.464 e. The Morgan fingerprint density at radius 2 is 1.85 bits per heavy atom. The second-order valence-electron chi connectivity index (χ2n) is 5.00. The third-order valence-corrected chi connectivity index (χ3v) is 4.80. The molecule has 1 aromatic heterocycles. The first-order valence-electron chi connectivity index (χ1n) is 7.30. The van der Waals surface area contributed by atoms with Crippen molar-refractivity contribution in [3.63, 3.8) is 0 Å². The summed E-state index contributed by atoms with van der Waals surface area (Å²) in [5, 5.41) is 0. The lowest BCUT2D eigenvalue weighted by Gasteiger charge is -2.05. The summed E-state index contributed by atoms with van der Waals surface area (Å²) in [5.74, 6) is 0.878. The van der Waals surface area contributed by atoms with Crippen LogP contribution in [0.25, 0.3) is 0 Å². The van der Waals surface area contributed by atoms with E-state index in [0.717, 1.165) is 19.3 Å². The second kappa shape index (κ2) is 8.44. The molecule has 6 heteroatoms. The van der Waals surface area contributed by atoms with Crippen LogP contribution in [0.5, 0.6) is 0 Å². The van der Waals surface area contributed by atoms with Crippen LogP contribution in [0.1, 0.15) is 57.0 Å². The molecule has 5 nitrogen and oxygen atoms in total. The second-order valence-corrected chi connectivity index (χ2v) is 6.74. The maximum absolute atomic E-state index is 12.1. The van der Waals surface area contributed by atoms with Crippen LogP contribution in [-0.2, 0) is 16.6 Å². The van der Waals surface area contributed by atoms with Gasteiger partial charge >= 0.3 is 0 Å². The lowest BCUT2D eigenvalue weighted by Crippen LogP contribution is -2.25. The Morgan fingerprint density at radius 3 is 2.45 bits per heavy atom. The molecule has 1 heterocycles. The molecule has 0 aromatic carbocycles. The number of furan rings is 1. The summed E-state index contributed by atoms with van der Waals surface area (Å²) in [7, 11) is -3.48. The first kappa shape index (κ1) is 17.2. The summed E-state index contributed by atoms with van der Waals surface area (Å²) in [6, 6.07) is 1.50. The lowest BCUT2D eigenvalue weighted by molar-refractivity contribution is 0.478. The Kier molecular flexibility index (Phi) is 7.26. The predicted octanol–water partition coefficient (Wildman–Crippen LogP) is 2.69. The molecule has 1 aromatic rings. The first-order valence-corrected chi connectivity index (χ1v) is 8.78. The summed E-state index contributed by atoms with van der Waals surface area (Å²) >= 11 is 0. The maximum atomic E-state index is 12.1. The average molecular weight is 302 g/mol. The zero-order valence-corrected chi connectivity index (χ0v) is 13.3. The van der Waals surface area contributed by atoms with Crippen molar-refractivity contribution in [3.05, 3.63) is 17.6 Å². The summed E-state index contributed by atoms with van der Waals surface area (Å²) in [6.07, 6.45) is 6.78. The Labute approximate surface area is 122 Å². The Bertz CT molecular complexity index is 495. The third-order valence-electron chi connectivity index (χ3n) is 3.24. The van der Waals surface area contributed by atoms with E-state index in [9.17, 15) is 8.42 Å². The zero-order chi connectivity index (χ0) is 15.0. The number of sulfonamides is 1. The minimum Gasteiger partial charge on any atom is -0.464 e. The van der Waals surface area contributed by atoms with Gasteiger partial charge in [-0.25, -0.2) is 13.1 Å². The molecule has 0 aliphatic rings. The van der Waals surface area contributed by atoms with Crippen LogP contribution in [0.4, 0.5) is 0 Å². The highest BCUT2D eigenvalue weighted by Crippen LogP contribution is 2.19. The minimum atomic E-state index is -3.48. The van der Waals surface area contributed by atoms with E-state index in [2.05, 4.69) is 11.6 Å². The fourth-order valence-electron chi connectivity index (χ4n) is 2.08. The molecule has 0 unspecified atom stereocenters. The molecule has 0 atom stereocenters. The number of aryl methyl sites for hydroxylation is 1. The van der Waals surface area contributed by atoms with Gasteiger partial charge in [0.15, 0.2) is 0 Å². The van der Waals surface area contributed by atoms with Crippen LogP contribution in [0.3, 0.4) is 0 Å². The standard InChI is InChI=1S/C14H26N2O3S/c1-3-4-5-6-7-8-9-16-20(17,18)14-10-13(11-15)19-12(14)2/h10,16H,3-9,11,15H2,1-2H3. The van der Waals surface area contributed by atoms with E-state index in [1.54, 1.807) is 6.92 Å². The van der Waals surface area contributed by atoms with E-state index in [0.29, 0.717) is 18.1 Å². The molecule has 0 fully saturated rings. The molecule has 116 valence electrons. The Morgan fingerprint density at radius 1 is 1.20 bits per heavy atom. The molecule has 0 saturated heterocycles. The van der Waals surface area contributed by atoms with Gasteiger partial charge in [-0.2, -0.15) is 0 Å². The molecule has 0 aliphatic carbocycles. The topological polar surface area (TPSA) is 85.3 Å². The summed E-state index contributed by atoms with van der Waals surface area (Å²) in [5.41, 5.74) is 5.45. The van der Waals surface area contributed by atoms with Crippen molar-refractivity contribution in [2.45, 2.75) is 63.8 Å². The predicted molar refractivity (Wildman–Crippen MR) is 79.9 cm³/mol. The van der Waals surface area contributed by atoms with E-state index in [4.69, 9.17) is 10.2 Å². The van der Waals surface area contributed by atoms with Gasteiger partial charge in [-0.05, 0) is 13.3 Å². The van der Waals surface area contributed by atoms with Gasteiger partial charge in [-0.15, -0.1) is 0 Å². The summed E-state index contributed by atoms with van der Waals surface area (Å²) in [6.45, 7) is 4.49. The quantitative estimate of drug-likeness (QED) is 0.651. The van der Waals surface area contributed by atoms with Crippen LogP contribution in [-0.4, -0.2) is 15.0 Å². The van der Waals surface area contributed by atoms with Crippen molar-refractivity contribution in [2.24, 2.45) is 5.73 Å². The molecule has 0 saturated carbocycles. The van der Waals surface area contributed by atoms with Crippen molar-refractivity contribution in [2.75, 3.05) is 6.54 Å². The molecule has 1 rings (SSSR count). The number of unbranched alkanes of at least 4 members (excludes halogenated alkanes) is 5. The van der Waals surface area contributed by atoms with Crippen molar-refractivity contribution < 1.29 is 12.8 Å². The number of rotatable bonds is 10. The first-order chi connectivity index (χ1) is 9.51. The molecular formula is C14H26N2O3S. The van der Waals surface area contributed by atoms with Gasteiger partial charge in [0.25, 0.3) is 0 Å². The van der Waals surface area contributed by atoms with Gasteiger partial charge < -0.3 is 10.2 Å². The maximum Gasteiger partial charge on any atom is 0.244 e. The van der Waals surface area contributed by atoms with Gasteiger partial charge in [-0.3, -0.25) is 0 Å². The molecule has 20 heavy (non-hydrogen) atoms. The van der Waals surface area contributed by atoms with Crippen molar-refractivity contribution in [3.8, 4) is 0 Å². The van der Waals surface area contributed by atoms with Gasteiger partial charge in [0, 0.05) is 12.6 Å². The fourth-order valence-corrected chi connectivity index (χ4v) is 3.36. The Balaban J connectivity index is 2.40. The van der Waals surface area contributed by atoms with E-state index in [1.165, 1.54) is 25.3 Å². The van der Waals surface area contributed by atoms with Gasteiger partial charge in [0.05, 0.1) is 6.54 Å². The van der Waals surface area contributed by atoms with Gasteiger partial charge in [-0.1, -0.05) is 39.0 Å². The fraction of sp³-hybridized carbons (Fsp3) is 0.714. The van der Waals surface area contributed by atoms with Crippen LogP contribution in [0.15, 0.2) is 15.4 Å². The van der Waals surface area contributed by atoms with E-state index >= 15 is 0 Å². The highest BCUT2D eigenvalue weighted by molar-refractivity contribution is 7.89. The zero-order valence-electron chi connectivity index (χ0n) is 12.4. The molecule has 0 amide bonds. The highest BCUT2D eigenvalue weighted by atomic mass is 32.2. The average Bonchev–Trinajstić information content (AvgIpc) is 2.80. The highest BCUT2D eigenvalue weighted by Gasteiger charge is 2.20. The molecule has 0 bridgehead atoms. The number of nitrogens with two attached hydrogens (primary N) is 1. The molecule has 0 radical (unpaired) electrons. The van der Waals surface area contributed by atoms with Gasteiger partial charge in [0.1, 0.15) is 16.4 Å². The molecule has 0 spiro atoms. The van der Waals surface area contributed by atoms with Gasteiger partial charge in [0.2, 0.25) is 10.0 Å². The Hall–Kier alpha value is -0.850. The van der Waals surface area contributed by atoms with Crippen LogP contribution in [0, 0.1) is 6.92 Å². The van der Waals surface area contributed by atoms with Crippen molar-refractivity contribution in [1.29, 1.82) is 0 Å².